The van der Waals surface area contributed by atoms with Crippen LogP contribution < -0.4 is 0 Å². The van der Waals surface area contributed by atoms with E-state index in [1.807, 2.05) is 0 Å². The maximum atomic E-state index is 6.14. The molecule has 1 atom stereocenters. The normalized spacial score (nSPS) is 12.5. The van der Waals surface area contributed by atoms with Crippen molar-refractivity contribution in [3.63, 3.8) is 0 Å². The second-order valence-corrected chi connectivity index (χ2v) is 11.0. The van der Waals surface area contributed by atoms with Crippen molar-refractivity contribution in [2.24, 2.45) is 5.92 Å². The summed E-state index contributed by atoms with van der Waals surface area (Å²) in [4.78, 5) is 0. The number of benzene rings is 1. The minimum absolute atomic E-state index is 0.199. The van der Waals surface area contributed by atoms with E-state index in [9.17, 15) is 0 Å². The van der Waals surface area contributed by atoms with E-state index in [1.54, 1.807) is 0 Å². The molecule has 0 bridgehead atoms. The lowest BCUT2D eigenvalue weighted by molar-refractivity contribution is -0.0346. The molecule has 0 aromatic heterocycles. The Morgan fingerprint density at radius 3 is 1.88 bits per heavy atom. The van der Waals surface area contributed by atoms with Crippen LogP contribution in [0.1, 0.15) is 110 Å². The van der Waals surface area contributed by atoms with E-state index in [0.717, 1.165) is 19.6 Å². The van der Waals surface area contributed by atoms with E-state index in [4.69, 9.17) is 9.47 Å². The number of unbranched alkanes of at least 4 members (excludes halogenated alkanes) is 11. The average Bonchev–Trinajstić information content (AvgIpc) is 2.79. The largest absolute Gasteiger partial charge is 0.379 e. The number of hydrogen-bond acceptors (Lipinski definition) is 3. The van der Waals surface area contributed by atoms with Gasteiger partial charge in [0, 0.05) is 6.61 Å². The van der Waals surface area contributed by atoms with Crippen LogP contribution in [0.3, 0.4) is 0 Å². The molecule has 1 unspecified atom stereocenters. The third kappa shape index (κ3) is 19.0. The third-order valence-corrected chi connectivity index (χ3v) is 6.88. The Hall–Kier alpha value is -0.510. The van der Waals surface area contributed by atoms with Gasteiger partial charge >= 0.3 is 0 Å². The van der Waals surface area contributed by atoms with Gasteiger partial charge in [0.2, 0.25) is 0 Å². The molecule has 0 N–H and O–H groups in total. The minimum Gasteiger partial charge on any atom is -0.379 e. The molecule has 0 aliphatic rings. The molecular formula is C29H52O2S. The number of thioether (sulfide) groups is 1. The molecule has 0 fully saturated rings. The predicted molar refractivity (Wildman–Crippen MR) is 144 cm³/mol. The zero-order chi connectivity index (χ0) is 23.1. The van der Waals surface area contributed by atoms with Gasteiger partial charge in [0.15, 0.2) is 0 Å². The van der Waals surface area contributed by atoms with Gasteiger partial charge in [-0.1, -0.05) is 115 Å². The van der Waals surface area contributed by atoms with Gasteiger partial charge in [-0.3, -0.25) is 0 Å². The first-order valence-corrected chi connectivity index (χ1v) is 14.7. The van der Waals surface area contributed by atoms with E-state index in [0.29, 0.717) is 12.5 Å². The highest BCUT2D eigenvalue weighted by atomic mass is 32.2. The van der Waals surface area contributed by atoms with Gasteiger partial charge in [0.1, 0.15) is 0 Å². The van der Waals surface area contributed by atoms with E-state index < -0.39 is 0 Å². The van der Waals surface area contributed by atoms with Crippen molar-refractivity contribution < 1.29 is 9.47 Å². The Labute approximate surface area is 204 Å². The highest BCUT2D eigenvalue weighted by Gasteiger charge is 2.12. The first-order chi connectivity index (χ1) is 15.7. The van der Waals surface area contributed by atoms with Crippen LogP contribution >= 0.6 is 11.8 Å². The van der Waals surface area contributed by atoms with Gasteiger partial charge < -0.3 is 9.47 Å². The summed E-state index contributed by atoms with van der Waals surface area (Å²) in [6, 6.07) is 10.4. The Bertz CT molecular complexity index is 491. The fourth-order valence-corrected chi connectivity index (χ4v) is 4.73. The minimum atomic E-state index is 0.199. The van der Waals surface area contributed by atoms with Crippen LogP contribution in [0.2, 0.25) is 0 Å². The second kappa shape index (κ2) is 22.3. The van der Waals surface area contributed by atoms with Gasteiger partial charge in [-0.2, -0.15) is 11.8 Å². The summed E-state index contributed by atoms with van der Waals surface area (Å²) in [5.74, 6) is 3.27. The Morgan fingerprint density at radius 1 is 0.750 bits per heavy atom. The zero-order valence-corrected chi connectivity index (χ0v) is 22.3. The quantitative estimate of drug-likeness (QED) is 0.150. The molecule has 0 spiro atoms. The monoisotopic (exact) mass is 464 g/mol. The van der Waals surface area contributed by atoms with Crippen LogP contribution in [0.15, 0.2) is 30.3 Å². The summed E-state index contributed by atoms with van der Waals surface area (Å²) in [6.45, 7) is 9.05. The lowest BCUT2D eigenvalue weighted by atomic mass is 10.1. The second-order valence-electron chi connectivity index (χ2n) is 9.56. The molecule has 1 aromatic rings. The topological polar surface area (TPSA) is 18.5 Å². The van der Waals surface area contributed by atoms with Crippen LogP contribution in [0.5, 0.6) is 0 Å². The molecule has 0 aliphatic carbocycles. The zero-order valence-electron chi connectivity index (χ0n) is 21.5. The molecule has 0 amide bonds. The van der Waals surface area contributed by atoms with Gasteiger partial charge in [0.25, 0.3) is 0 Å². The molecule has 1 rings (SSSR count). The highest BCUT2D eigenvalue weighted by Crippen LogP contribution is 2.14. The highest BCUT2D eigenvalue weighted by molar-refractivity contribution is 7.99. The van der Waals surface area contributed by atoms with Crippen LogP contribution in [-0.4, -0.2) is 30.8 Å². The fourth-order valence-electron chi connectivity index (χ4n) is 4.03. The maximum absolute atomic E-state index is 6.14. The molecule has 0 aliphatic heterocycles. The standard InChI is InChI=1S/C29H52O2S/c1-4-32-23-19-14-12-10-8-6-5-7-9-11-13-18-22-30-26-29(24-27(2)3)31-25-28-20-16-15-17-21-28/h15-17,20-21,27,29H,4-14,18-19,22-26H2,1-3H3. The van der Waals surface area contributed by atoms with E-state index >= 15 is 0 Å². The summed E-state index contributed by atoms with van der Waals surface area (Å²) in [6.07, 6.45) is 18.0. The Kier molecular flexibility index (Phi) is 20.6. The number of rotatable bonds is 23. The smallest absolute Gasteiger partial charge is 0.0815 e. The molecule has 0 radical (unpaired) electrons. The summed E-state index contributed by atoms with van der Waals surface area (Å²) in [5, 5.41) is 0. The molecule has 0 heterocycles. The fraction of sp³-hybridized carbons (Fsp3) is 0.793. The molecule has 0 saturated carbocycles. The molecular weight excluding hydrogens is 412 g/mol. The van der Waals surface area contributed by atoms with Crippen molar-refractivity contribution in [3.8, 4) is 0 Å². The lowest BCUT2D eigenvalue weighted by Crippen LogP contribution is -2.22. The van der Waals surface area contributed by atoms with Crippen molar-refractivity contribution >= 4 is 11.8 Å². The first kappa shape index (κ1) is 29.5. The SMILES string of the molecule is CCSCCCCCCCCCCCCCCOCC(CC(C)C)OCc1ccccc1. The molecule has 186 valence electrons. The molecule has 0 saturated heterocycles. The third-order valence-electron chi connectivity index (χ3n) is 5.90. The van der Waals surface area contributed by atoms with Crippen LogP contribution in [-0.2, 0) is 16.1 Å². The summed E-state index contributed by atoms with van der Waals surface area (Å²) in [7, 11) is 0. The van der Waals surface area contributed by atoms with Crippen molar-refractivity contribution in [2.75, 3.05) is 24.7 Å². The van der Waals surface area contributed by atoms with Crippen LogP contribution in [0, 0.1) is 5.92 Å². The number of hydrogen-bond donors (Lipinski definition) is 0. The van der Waals surface area contributed by atoms with Crippen LogP contribution in [0.25, 0.3) is 0 Å². The first-order valence-electron chi connectivity index (χ1n) is 13.5. The van der Waals surface area contributed by atoms with Gasteiger partial charge in [-0.15, -0.1) is 0 Å². The summed E-state index contributed by atoms with van der Waals surface area (Å²) in [5.41, 5.74) is 1.24. The Morgan fingerprint density at radius 2 is 1.31 bits per heavy atom. The average molecular weight is 465 g/mol. The predicted octanol–water partition coefficient (Wildman–Crippen LogP) is 9.07. The van der Waals surface area contributed by atoms with Crippen LogP contribution in [0.4, 0.5) is 0 Å². The van der Waals surface area contributed by atoms with Crippen molar-refractivity contribution in [3.05, 3.63) is 35.9 Å². The molecule has 2 nitrogen and oxygen atoms in total. The molecule has 3 heteroatoms. The summed E-state index contributed by atoms with van der Waals surface area (Å²) >= 11 is 2.08. The maximum Gasteiger partial charge on any atom is 0.0815 e. The van der Waals surface area contributed by atoms with Crippen molar-refractivity contribution in [1.82, 2.24) is 0 Å². The van der Waals surface area contributed by atoms with Gasteiger partial charge in [-0.05, 0) is 42.2 Å². The van der Waals surface area contributed by atoms with Crippen molar-refractivity contribution in [1.29, 1.82) is 0 Å². The van der Waals surface area contributed by atoms with E-state index in [-0.39, 0.29) is 6.10 Å². The Balaban J connectivity index is 1.89. The lowest BCUT2D eigenvalue weighted by Gasteiger charge is -2.20. The van der Waals surface area contributed by atoms with Crippen molar-refractivity contribution in [2.45, 2.75) is 117 Å². The summed E-state index contributed by atoms with van der Waals surface area (Å²) < 4.78 is 12.1. The van der Waals surface area contributed by atoms with E-state index in [1.165, 1.54) is 94.1 Å². The molecule has 32 heavy (non-hydrogen) atoms. The van der Waals surface area contributed by atoms with Gasteiger partial charge in [0.05, 0.1) is 19.3 Å². The van der Waals surface area contributed by atoms with Gasteiger partial charge in [-0.25, -0.2) is 0 Å². The molecule has 1 aromatic carbocycles. The van der Waals surface area contributed by atoms with E-state index in [2.05, 4.69) is 62.9 Å². The number of ether oxygens (including phenoxy) is 2.